The van der Waals surface area contributed by atoms with Crippen molar-refractivity contribution in [2.24, 2.45) is 0 Å². The van der Waals surface area contributed by atoms with Gasteiger partial charge in [-0.1, -0.05) is 0 Å². The summed E-state index contributed by atoms with van der Waals surface area (Å²) in [5.41, 5.74) is -1.32. The first-order chi connectivity index (χ1) is 10.4. The first-order valence-electron chi connectivity index (χ1n) is 6.22. The second kappa shape index (κ2) is 5.63. The van der Waals surface area contributed by atoms with Crippen molar-refractivity contribution in [1.29, 1.82) is 0 Å². The van der Waals surface area contributed by atoms with Gasteiger partial charge in [0.2, 0.25) is 0 Å². The zero-order chi connectivity index (χ0) is 17.6. The monoisotopic (exact) mass is 363 g/mol. The number of amides is 2. The molecule has 0 saturated carbocycles. The van der Waals surface area contributed by atoms with E-state index in [4.69, 9.17) is 4.55 Å². The topological polar surface area (TPSA) is 143 Å². The minimum absolute atomic E-state index is 0.0411. The molecular formula is C11H13N3O7S2. The highest BCUT2D eigenvalue weighted by molar-refractivity contribution is 7.80. The molecule has 0 bridgehead atoms. The van der Waals surface area contributed by atoms with Gasteiger partial charge in [-0.05, 0) is 20.8 Å². The smallest absolute Gasteiger partial charge is 0.335 e. The summed E-state index contributed by atoms with van der Waals surface area (Å²) in [5.74, 6) is -2.87. The van der Waals surface area contributed by atoms with Crippen molar-refractivity contribution in [2.45, 2.75) is 32.4 Å². The maximum atomic E-state index is 11.9. The van der Waals surface area contributed by atoms with Crippen LogP contribution in [0, 0.1) is 6.92 Å². The van der Waals surface area contributed by atoms with Gasteiger partial charge in [0.15, 0.2) is 0 Å². The molecule has 2 N–H and O–H groups in total. The third-order valence-electron chi connectivity index (χ3n) is 3.18. The highest BCUT2D eigenvalue weighted by Crippen LogP contribution is 2.32. The van der Waals surface area contributed by atoms with Gasteiger partial charge in [-0.15, -0.1) is 15.6 Å². The van der Waals surface area contributed by atoms with Crippen LogP contribution in [0.2, 0.25) is 0 Å². The first kappa shape index (κ1) is 17.5. The van der Waals surface area contributed by atoms with Crippen LogP contribution in [0.1, 0.15) is 29.3 Å². The maximum Gasteiger partial charge on any atom is 0.418 e. The van der Waals surface area contributed by atoms with E-state index in [1.807, 2.05) is 0 Å². The summed E-state index contributed by atoms with van der Waals surface area (Å²) < 4.78 is 34.1. The Balaban J connectivity index is 2.08. The van der Waals surface area contributed by atoms with Crippen molar-refractivity contribution < 1.29 is 31.6 Å². The maximum absolute atomic E-state index is 11.9. The Bertz CT molecular complexity index is 783. The second-order valence-corrected chi connectivity index (χ2v) is 7.34. The lowest BCUT2D eigenvalue weighted by Gasteiger charge is -2.50. The van der Waals surface area contributed by atoms with Crippen molar-refractivity contribution >= 4 is 39.3 Å². The standard InChI is InChI=1S/C11H13N3O7S2/c1-5-12-6(4-22-5)7(15)9(16)13-8-10(17)14(11(8,2)3)21-23(18,19)20/h4,8H,1-3H3,(H,13,16)(H,18,19,20)/t8-/m1/s1. The van der Waals surface area contributed by atoms with Crippen molar-refractivity contribution in [2.75, 3.05) is 0 Å². The number of aryl methyl sites for hydroxylation is 1. The van der Waals surface area contributed by atoms with Gasteiger partial charge in [-0.2, -0.15) is 13.5 Å². The van der Waals surface area contributed by atoms with Gasteiger partial charge in [0.25, 0.3) is 17.6 Å². The van der Waals surface area contributed by atoms with Gasteiger partial charge in [0.05, 0.1) is 10.5 Å². The van der Waals surface area contributed by atoms with Crippen LogP contribution < -0.4 is 5.32 Å². The predicted molar refractivity (Wildman–Crippen MR) is 76.7 cm³/mol. The highest BCUT2D eigenvalue weighted by Gasteiger charge is 2.58. The summed E-state index contributed by atoms with van der Waals surface area (Å²) in [6, 6.07) is -1.18. The van der Waals surface area contributed by atoms with Gasteiger partial charge < -0.3 is 5.32 Å². The number of Topliss-reactive ketones (excluding diaryl/α,β-unsaturated/α-hetero) is 1. The van der Waals surface area contributed by atoms with E-state index >= 15 is 0 Å². The number of β-lactam (4-membered cyclic amide) rings is 1. The van der Waals surface area contributed by atoms with Gasteiger partial charge >= 0.3 is 10.4 Å². The summed E-state index contributed by atoms with van der Waals surface area (Å²) >= 11 is 1.19. The van der Waals surface area contributed by atoms with Gasteiger partial charge in [0, 0.05) is 5.38 Å². The van der Waals surface area contributed by atoms with Crippen molar-refractivity contribution in [3.8, 4) is 0 Å². The van der Waals surface area contributed by atoms with Crippen LogP contribution in [0.4, 0.5) is 0 Å². The van der Waals surface area contributed by atoms with E-state index in [0.717, 1.165) is 0 Å². The van der Waals surface area contributed by atoms with E-state index in [-0.39, 0.29) is 5.69 Å². The van der Waals surface area contributed by atoms with E-state index in [1.54, 1.807) is 6.92 Å². The number of hydroxylamine groups is 2. The molecule has 2 heterocycles. The summed E-state index contributed by atoms with van der Waals surface area (Å²) in [5, 5.41) is 4.64. The molecule has 23 heavy (non-hydrogen) atoms. The molecule has 0 spiro atoms. The normalized spacial score (nSPS) is 20.1. The summed E-state index contributed by atoms with van der Waals surface area (Å²) in [7, 11) is -4.88. The first-order valence-corrected chi connectivity index (χ1v) is 8.46. The molecule has 12 heteroatoms. The minimum Gasteiger partial charge on any atom is -0.335 e. The van der Waals surface area contributed by atoms with E-state index < -0.39 is 39.6 Å². The zero-order valence-corrected chi connectivity index (χ0v) is 13.9. The fourth-order valence-corrected chi connectivity index (χ4v) is 3.05. The summed E-state index contributed by atoms with van der Waals surface area (Å²) in [6.45, 7) is 4.45. The molecule has 0 radical (unpaired) electrons. The Morgan fingerprint density at radius 2 is 2.09 bits per heavy atom. The zero-order valence-electron chi connectivity index (χ0n) is 12.3. The van der Waals surface area contributed by atoms with Crippen molar-refractivity contribution in [1.82, 2.24) is 15.4 Å². The van der Waals surface area contributed by atoms with Crippen LogP contribution in [-0.4, -0.2) is 52.2 Å². The van der Waals surface area contributed by atoms with Crippen LogP contribution in [-0.2, 0) is 24.3 Å². The number of hydrogen-bond acceptors (Lipinski definition) is 8. The number of hydrogen-bond donors (Lipinski definition) is 2. The van der Waals surface area contributed by atoms with Crippen LogP contribution in [0.3, 0.4) is 0 Å². The Morgan fingerprint density at radius 1 is 1.48 bits per heavy atom. The number of carbonyl (C=O) groups is 3. The molecule has 1 atom stereocenters. The Labute approximate surface area is 135 Å². The molecule has 0 aromatic carbocycles. The molecule has 0 unspecified atom stereocenters. The fraction of sp³-hybridized carbons (Fsp3) is 0.455. The third-order valence-corrected chi connectivity index (χ3v) is 4.29. The number of nitrogens with one attached hydrogen (secondary N) is 1. The number of carbonyl (C=O) groups excluding carboxylic acids is 3. The Kier molecular flexibility index (Phi) is 4.28. The van der Waals surface area contributed by atoms with E-state index in [0.29, 0.717) is 10.1 Å². The SMILES string of the molecule is Cc1nc(C(=O)C(=O)N[C@@H]2C(=O)N(OS(=O)(=O)O)C2(C)C)cs1. The lowest BCUT2D eigenvalue weighted by Crippen LogP contribution is -2.76. The van der Waals surface area contributed by atoms with Crippen LogP contribution in [0.15, 0.2) is 5.38 Å². The lowest BCUT2D eigenvalue weighted by molar-refractivity contribution is -0.218. The molecule has 0 aliphatic carbocycles. The van der Waals surface area contributed by atoms with Gasteiger partial charge in [0.1, 0.15) is 11.7 Å². The van der Waals surface area contributed by atoms with E-state index in [2.05, 4.69) is 14.6 Å². The molecule has 1 aromatic heterocycles. The third kappa shape index (κ3) is 3.39. The molecule has 126 valence electrons. The Hall–Kier alpha value is -1.89. The average molecular weight is 363 g/mol. The molecule has 1 saturated heterocycles. The number of rotatable bonds is 5. The summed E-state index contributed by atoms with van der Waals surface area (Å²) in [4.78, 5) is 39.5. The van der Waals surface area contributed by atoms with Crippen LogP contribution in [0.25, 0.3) is 0 Å². The van der Waals surface area contributed by atoms with E-state index in [1.165, 1.54) is 30.6 Å². The Morgan fingerprint density at radius 3 is 2.52 bits per heavy atom. The number of ketones is 1. The largest absolute Gasteiger partial charge is 0.418 e. The molecule has 1 fully saturated rings. The van der Waals surface area contributed by atoms with Crippen molar-refractivity contribution in [3.05, 3.63) is 16.1 Å². The lowest BCUT2D eigenvalue weighted by atomic mass is 9.84. The molecule has 2 amide bonds. The molecule has 1 aliphatic heterocycles. The second-order valence-electron chi connectivity index (χ2n) is 5.28. The van der Waals surface area contributed by atoms with Crippen LogP contribution in [0.5, 0.6) is 0 Å². The van der Waals surface area contributed by atoms with Crippen molar-refractivity contribution in [3.63, 3.8) is 0 Å². The molecule has 1 aliphatic rings. The number of thiazole rings is 1. The quantitative estimate of drug-likeness (QED) is 0.308. The van der Waals surface area contributed by atoms with Crippen LogP contribution >= 0.6 is 11.3 Å². The number of aromatic nitrogens is 1. The molecular weight excluding hydrogens is 350 g/mol. The highest BCUT2D eigenvalue weighted by atomic mass is 32.3. The molecule has 2 rings (SSSR count). The van der Waals surface area contributed by atoms with Gasteiger partial charge in [-0.3, -0.25) is 18.9 Å². The predicted octanol–water partition coefficient (Wildman–Crippen LogP) is -0.526. The fourth-order valence-electron chi connectivity index (χ4n) is 2.00. The molecule has 10 nitrogen and oxygen atoms in total. The average Bonchev–Trinajstić information content (AvgIpc) is 2.86. The number of nitrogens with zero attached hydrogens (tertiary/aromatic N) is 2. The van der Waals surface area contributed by atoms with E-state index in [9.17, 15) is 22.8 Å². The van der Waals surface area contributed by atoms with Gasteiger partial charge in [-0.25, -0.2) is 4.98 Å². The molecule has 1 aromatic rings. The summed E-state index contributed by atoms with van der Waals surface area (Å²) in [6.07, 6.45) is 0. The minimum atomic E-state index is -4.88.